The number of carbonyl (C=O) groups is 2. The zero-order chi connectivity index (χ0) is 17.0. The monoisotopic (exact) mass is 371 g/mol. The molecule has 0 unspecified atom stereocenters. The quantitative estimate of drug-likeness (QED) is 0.610. The van der Waals surface area contributed by atoms with E-state index in [4.69, 9.17) is 33.7 Å². The molecule has 8 heteroatoms. The van der Waals surface area contributed by atoms with Crippen LogP contribution in [0.1, 0.15) is 18.9 Å². The van der Waals surface area contributed by atoms with E-state index >= 15 is 0 Å². The first kappa shape index (κ1) is 17.8. The van der Waals surface area contributed by atoms with Crippen molar-refractivity contribution in [2.24, 2.45) is 0 Å². The van der Waals surface area contributed by atoms with Gasteiger partial charge in [-0.25, -0.2) is 0 Å². The Morgan fingerprint density at radius 3 is 2.91 bits per heavy atom. The lowest BCUT2D eigenvalue weighted by Gasteiger charge is -2.12. The molecule has 5 nitrogen and oxygen atoms in total. The van der Waals surface area contributed by atoms with Gasteiger partial charge in [-0.1, -0.05) is 35.6 Å². The maximum absolute atomic E-state index is 12.4. The fraction of sp³-hybridized carbons (Fsp3) is 0.267. The summed E-state index contributed by atoms with van der Waals surface area (Å²) in [5, 5.41) is 9.27. The van der Waals surface area contributed by atoms with Gasteiger partial charge in [0.25, 0.3) is 5.91 Å². The van der Waals surface area contributed by atoms with E-state index in [0.29, 0.717) is 32.2 Å². The van der Waals surface area contributed by atoms with Gasteiger partial charge in [0.2, 0.25) is 0 Å². The summed E-state index contributed by atoms with van der Waals surface area (Å²) in [4.78, 5) is 24.7. The lowest BCUT2D eigenvalue weighted by Crippen LogP contribution is -2.30. The number of carboxylic acids is 1. The number of ether oxygens (including phenoxy) is 1. The first-order valence-corrected chi connectivity index (χ1v) is 8.42. The van der Waals surface area contributed by atoms with Gasteiger partial charge in [-0.2, -0.15) is 0 Å². The van der Waals surface area contributed by atoms with Crippen LogP contribution in [0, 0.1) is 0 Å². The largest absolute Gasteiger partial charge is 0.493 e. The summed E-state index contributed by atoms with van der Waals surface area (Å²) in [6, 6.07) is 5.15. The van der Waals surface area contributed by atoms with Crippen LogP contribution in [-0.4, -0.2) is 39.4 Å². The number of halogens is 1. The first-order chi connectivity index (χ1) is 10.9. The number of nitrogens with zero attached hydrogens (tertiary/aromatic N) is 1. The van der Waals surface area contributed by atoms with E-state index in [0.717, 1.165) is 11.8 Å². The van der Waals surface area contributed by atoms with E-state index < -0.39 is 5.97 Å². The Morgan fingerprint density at radius 2 is 2.26 bits per heavy atom. The van der Waals surface area contributed by atoms with Crippen LogP contribution in [0.25, 0.3) is 6.08 Å². The summed E-state index contributed by atoms with van der Waals surface area (Å²) in [5.41, 5.74) is 0.679. The molecular weight excluding hydrogens is 358 g/mol. The Hall–Kier alpha value is -1.57. The third kappa shape index (κ3) is 4.46. The summed E-state index contributed by atoms with van der Waals surface area (Å²) in [7, 11) is 0. The zero-order valence-corrected chi connectivity index (χ0v) is 14.6. The lowest BCUT2D eigenvalue weighted by atomic mass is 10.2. The number of hydrogen-bond donors (Lipinski definition) is 1. The summed E-state index contributed by atoms with van der Waals surface area (Å²) in [5.74, 6) is -0.659. The van der Waals surface area contributed by atoms with Crippen molar-refractivity contribution >= 4 is 57.9 Å². The van der Waals surface area contributed by atoms with Gasteiger partial charge in [-0.3, -0.25) is 14.5 Å². The van der Waals surface area contributed by atoms with Gasteiger partial charge in [-0.05, 0) is 31.2 Å². The zero-order valence-electron chi connectivity index (χ0n) is 12.2. The molecule has 1 aromatic rings. The molecule has 1 fully saturated rings. The summed E-state index contributed by atoms with van der Waals surface area (Å²) in [6.07, 6.45) is 1.51. The van der Waals surface area contributed by atoms with Crippen LogP contribution in [0.4, 0.5) is 0 Å². The molecule has 0 radical (unpaired) electrons. The average Bonchev–Trinajstić information content (AvgIpc) is 2.74. The smallest absolute Gasteiger partial charge is 0.305 e. The third-order valence-electron chi connectivity index (χ3n) is 2.98. The topological polar surface area (TPSA) is 66.8 Å². The molecule has 2 rings (SSSR count). The Morgan fingerprint density at radius 1 is 1.52 bits per heavy atom. The van der Waals surface area contributed by atoms with E-state index in [1.54, 1.807) is 24.3 Å². The summed E-state index contributed by atoms with van der Waals surface area (Å²) in [6.45, 7) is 2.41. The fourth-order valence-corrected chi connectivity index (χ4v) is 3.44. The van der Waals surface area contributed by atoms with Crippen molar-refractivity contribution in [3.8, 4) is 5.75 Å². The van der Waals surface area contributed by atoms with Gasteiger partial charge in [0.15, 0.2) is 0 Å². The van der Waals surface area contributed by atoms with Crippen LogP contribution in [0.5, 0.6) is 5.75 Å². The minimum Gasteiger partial charge on any atom is -0.493 e. The average molecular weight is 372 g/mol. The molecule has 1 aromatic carbocycles. The number of carboxylic acid groups (broad SMARTS) is 1. The Bertz CT molecular complexity index is 690. The maximum atomic E-state index is 12.4. The Labute approximate surface area is 148 Å². The molecule has 1 aliphatic rings. The van der Waals surface area contributed by atoms with Crippen LogP contribution in [0.2, 0.25) is 5.02 Å². The van der Waals surface area contributed by atoms with E-state index in [-0.39, 0.29) is 18.9 Å². The third-order valence-corrected chi connectivity index (χ3v) is 4.59. The number of thioether (sulfide) groups is 1. The van der Waals surface area contributed by atoms with Crippen LogP contribution < -0.4 is 4.74 Å². The van der Waals surface area contributed by atoms with Crippen molar-refractivity contribution in [2.75, 3.05) is 13.2 Å². The van der Waals surface area contributed by atoms with Gasteiger partial charge in [-0.15, -0.1) is 0 Å². The maximum Gasteiger partial charge on any atom is 0.305 e. The number of hydrogen-bond acceptors (Lipinski definition) is 5. The van der Waals surface area contributed by atoms with Crippen LogP contribution in [-0.2, 0) is 9.59 Å². The standard InChI is InChI=1S/C15H14ClNO4S2/c1-2-21-11-4-3-10(16)7-9(11)8-12-14(20)17(15(22)23-12)6-5-13(18)19/h3-4,7-8H,2,5-6H2,1H3,(H,18,19)/b12-8+. The molecule has 1 heterocycles. The molecule has 0 atom stereocenters. The number of carbonyl (C=O) groups excluding carboxylic acids is 1. The normalized spacial score (nSPS) is 16.3. The van der Waals surface area contributed by atoms with Crippen LogP contribution >= 0.6 is 35.6 Å². The van der Waals surface area contributed by atoms with Crippen LogP contribution in [0.3, 0.4) is 0 Å². The fourth-order valence-electron chi connectivity index (χ4n) is 1.96. The number of rotatable bonds is 6. The first-order valence-electron chi connectivity index (χ1n) is 6.82. The Kier molecular flexibility index (Phi) is 6.04. The van der Waals surface area contributed by atoms with Crippen molar-refractivity contribution in [1.29, 1.82) is 0 Å². The molecule has 0 spiro atoms. The SMILES string of the molecule is CCOc1ccc(Cl)cc1/C=C1/SC(=S)N(CCC(=O)O)C1=O. The molecular formula is C15H14ClNO4S2. The lowest BCUT2D eigenvalue weighted by molar-refractivity contribution is -0.137. The van der Waals surface area contributed by atoms with Crippen molar-refractivity contribution in [2.45, 2.75) is 13.3 Å². The number of benzene rings is 1. The van der Waals surface area contributed by atoms with E-state index in [2.05, 4.69) is 0 Å². The molecule has 1 N–H and O–H groups in total. The molecule has 1 amide bonds. The predicted octanol–water partition coefficient (Wildman–Crippen LogP) is 3.41. The van der Waals surface area contributed by atoms with Crippen LogP contribution in [0.15, 0.2) is 23.1 Å². The highest BCUT2D eigenvalue weighted by Gasteiger charge is 2.32. The van der Waals surface area contributed by atoms with Gasteiger partial charge in [0.05, 0.1) is 17.9 Å². The molecule has 1 aliphatic heterocycles. The van der Waals surface area contributed by atoms with Gasteiger partial charge in [0.1, 0.15) is 10.1 Å². The minimum absolute atomic E-state index is 0.0607. The molecule has 0 aliphatic carbocycles. The number of thiocarbonyl (C=S) groups is 1. The molecule has 0 saturated carbocycles. The second kappa shape index (κ2) is 7.81. The molecule has 122 valence electrons. The second-order valence-corrected chi connectivity index (χ2v) is 6.70. The van der Waals surface area contributed by atoms with Gasteiger partial charge < -0.3 is 9.84 Å². The summed E-state index contributed by atoms with van der Waals surface area (Å²) >= 11 is 12.3. The van der Waals surface area contributed by atoms with Crippen molar-refractivity contribution in [3.63, 3.8) is 0 Å². The highest BCUT2D eigenvalue weighted by atomic mass is 35.5. The molecule has 0 aromatic heterocycles. The van der Waals surface area contributed by atoms with Crippen molar-refractivity contribution in [1.82, 2.24) is 4.90 Å². The number of aliphatic carboxylic acids is 1. The van der Waals surface area contributed by atoms with Crippen molar-refractivity contribution < 1.29 is 19.4 Å². The van der Waals surface area contributed by atoms with Gasteiger partial charge >= 0.3 is 5.97 Å². The second-order valence-electron chi connectivity index (χ2n) is 4.59. The minimum atomic E-state index is -0.975. The molecule has 0 bridgehead atoms. The van der Waals surface area contributed by atoms with E-state index in [9.17, 15) is 9.59 Å². The predicted molar refractivity (Wildman–Crippen MR) is 94.8 cm³/mol. The highest BCUT2D eigenvalue weighted by Crippen LogP contribution is 2.35. The number of amides is 1. The van der Waals surface area contributed by atoms with Gasteiger partial charge in [0, 0.05) is 17.1 Å². The van der Waals surface area contributed by atoms with E-state index in [1.165, 1.54) is 4.90 Å². The summed E-state index contributed by atoms with van der Waals surface area (Å²) < 4.78 is 5.87. The highest BCUT2D eigenvalue weighted by molar-refractivity contribution is 8.26. The molecule has 23 heavy (non-hydrogen) atoms. The Balaban J connectivity index is 2.27. The molecule has 1 saturated heterocycles. The van der Waals surface area contributed by atoms with E-state index in [1.807, 2.05) is 6.92 Å². The van der Waals surface area contributed by atoms with Crippen molar-refractivity contribution in [3.05, 3.63) is 33.7 Å².